The third-order valence-electron chi connectivity index (χ3n) is 2.37. The predicted octanol–water partition coefficient (Wildman–Crippen LogP) is 2.44. The number of aliphatic hydroxyl groups excluding tert-OH is 1. The molecule has 1 atom stereocenters. The topological polar surface area (TPSA) is 23.5 Å². The Morgan fingerprint density at radius 3 is 2.07 bits per heavy atom. The normalized spacial score (nSPS) is 13.1. The molecule has 0 bridgehead atoms. The van der Waals surface area contributed by atoms with E-state index in [2.05, 4.69) is 25.3 Å². The maximum absolute atomic E-state index is 9.47. The molecule has 0 aromatic rings. The van der Waals surface area contributed by atoms with E-state index in [1.165, 1.54) is 25.7 Å². The highest BCUT2D eigenvalue weighted by molar-refractivity contribution is 4.80. The lowest BCUT2D eigenvalue weighted by Crippen LogP contribution is -2.33. The Morgan fingerprint density at radius 2 is 1.71 bits per heavy atom. The molecule has 0 radical (unpaired) electrons. The third kappa shape index (κ3) is 7.10. The maximum Gasteiger partial charge on any atom is 0.0845 e. The van der Waals surface area contributed by atoms with Gasteiger partial charge in [0.05, 0.1) is 6.10 Å². The van der Waals surface area contributed by atoms with Gasteiger partial charge in [0.25, 0.3) is 0 Å². The van der Waals surface area contributed by atoms with Crippen molar-refractivity contribution in [2.75, 3.05) is 19.6 Å². The molecule has 0 aliphatic carbocycles. The highest BCUT2D eigenvalue weighted by Crippen LogP contribution is 2.01. The Kier molecular flexibility index (Phi) is 9.00. The summed E-state index contributed by atoms with van der Waals surface area (Å²) in [6.45, 7) is 10.9. The zero-order valence-electron chi connectivity index (χ0n) is 9.71. The van der Waals surface area contributed by atoms with Crippen molar-refractivity contribution in [1.29, 1.82) is 0 Å². The van der Waals surface area contributed by atoms with Gasteiger partial charge in [0.2, 0.25) is 0 Å². The van der Waals surface area contributed by atoms with Gasteiger partial charge in [-0.1, -0.05) is 32.8 Å². The van der Waals surface area contributed by atoms with Gasteiger partial charge in [-0.15, -0.1) is 6.58 Å². The zero-order chi connectivity index (χ0) is 10.8. The second kappa shape index (κ2) is 9.22. The number of nitrogens with zero attached hydrogens (tertiary/aromatic N) is 1. The second-order valence-electron chi connectivity index (χ2n) is 3.81. The van der Waals surface area contributed by atoms with Gasteiger partial charge in [-0.2, -0.15) is 0 Å². The first kappa shape index (κ1) is 13.7. The summed E-state index contributed by atoms with van der Waals surface area (Å²) in [6, 6.07) is 0. The lowest BCUT2D eigenvalue weighted by atomic mass is 10.2. The maximum atomic E-state index is 9.47. The molecule has 0 heterocycles. The monoisotopic (exact) mass is 199 g/mol. The fraction of sp³-hybridized carbons (Fsp3) is 0.833. The van der Waals surface area contributed by atoms with Crippen LogP contribution in [0.3, 0.4) is 0 Å². The average molecular weight is 199 g/mol. The first-order valence-corrected chi connectivity index (χ1v) is 5.77. The van der Waals surface area contributed by atoms with Crippen molar-refractivity contribution in [2.45, 2.75) is 45.6 Å². The van der Waals surface area contributed by atoms with E-state index >= 15 is 0 Å². The Labute approximate surface area is 88.6 Å². The summed E-state index contributed by atoms with van der Waals surface area (Å²) < 4.78 is 0. The smallest absolute Gasteiger partial charge is 0.0845 e. The molecular formula is C12H25NO. The van der Waals surface area contributed by atoms with Crippen molar-refractivity contribution >= 4 is 0 Å². The summed E-state index contributed by atoms with van der Waals surface area (Å²) in [7, 11) is 0. The van der Waals surface area contributed by atoms with E-state index in [9.17, 15) is 5.11 Å². The molecule has 2 heteroatoms. The van der Waals surface area contributed by atoms with Crippen LogP contribution in [-0.2, 0) is 0 Å². The quantitative estimate of drug-likeness (QED) is 0.577. The van der Waals surface area contributed by atoms with Crippen LogP contribution in [0.5, 0.6) is 0 Å². The first-order valence-electron chi connectivity index (χ1n) is 5.77. The van der Waals surface area contributed by atoms with Crippen molar-refractivity contribution < 1.29 is 5.11 Å². The van der Waals surface area contributed by atoms with Crippen LogP contribution >= 0.6 is 0 Å². The van der Waals surface area contributed by atoms with Crippen LogP contribution in [-0.4, -0.2) is 35.7 Å². The second-order valence-corrected chi connectivity index (χ2v) is 3.81. The molecule has 0 fully saturated rings. The summed E-state index contributed by atoms with van der Waals surface area (Å²) >= 11 is 0. The van der Waals surface area contributed by atoms with E-state index in [1.54, 1.807) is 6.08 Å². The summed E-state index contributed by atoms with van der Waals surface area (Å²) in [4.78, 5) is 2.33. The molecule has 0 rings (SSSR count). The van der Waals surface area contributed by atoms with E-state index in [4.69, 9.17) is 0 Å². The Bertz CT molecular complexity index is 128. The molecular weight excluding hydrogens is 174 g/mol. The molecule has 1 unspecified atom stereocenters. The molecule has 0 aromatic heterocycles. The van der Waals surface area contributed by atoms with Crippen molar-refractivity contribution in [3.05, 3.63) is 12.7 Å². The van der Waals surface area contributed by atoms with Crippen molar-refractivity contribution in [3.8, 4) is 0 Å². The molecule has 0 amide bonds. The largest absolute Gasteiger partial charge is 0.388 e. The number of unbranched alkanes of at least 4 members (excludes halogenated alkanes) is 2. The minimum Gasteiger partial charge on any atom is -0.388 e. The molecule has 0 aliphatic rings. The van der Waals surface area contributed by atoms with Gasteiger partial charge in [0.1, 0.15) is 0 Å². The SMILES string of the molecule is C=CC(O)CN(CCCC)CCCC. The summed E-state index contributed by atoms with van der Waals surface area (Å²) in [5, 5.41) is 9.47. The van der Waals surface area contributed by atoms with Crippen molar-refractivity contribution in [2.24, 2.45) is 0 Å². The van der Waals surface area contributed by atoms with E-state index in [0.29, 0.717) is 0 Å². The lowest BCUT2D eigenvalue weighted by molar-refractivity contribution is 0.144. The van der Waals surface area contributed by atoms with E-state index < -0.39 is 0 Å². The van der Waals surface area contributed by atoms with Crippen LogP contribution in [0, 0.1) is 0 Å². The fourth-order valence-corrected chi connectivity index (χ4v) is 1.40. The van der Waals surface area contributed by atoms with Crippen LogP contribution < -0.4 is 0 Å². The van der Waals surface area contributed by atoms with Gasteiger partial charge in [0.15, 0.2) is 0 Å². The lowest BCUT2D eigenvalue weighted by Gasteiger charge is -2.23. The third-order valence-corrected chi connectivity index (χ3v) is 2.37. The van der Waals surface area contributed by atoms with E-state index in [1.807, 2.05) is 0 Å². The molecule has 0 aliphatic heterocycles. The number of hydrogen-bond acceptors (Lipinski definition) is 2. The fourth-order valence-electron chi connectivity index (χ4n) is 1.40. The molecule has 14 heavy (non-hydrogen) atoms. The van der Waals surface area contributed by atoms with Crippen molar-refractivity contribution in [3.63, 3.8) is 0 Å². The van der Waals surface area contributed by atoms with Crippen LogP contribution in [0.25, 0.3) is 0 Å². The number of aliphatic hydroxyl groups is 1. The van der Waals surface area contributed by atoms with Gasteiger partial charge in [-0.05, 0) is 25.9 Å². The Hall–Kier alpha value is -0.340. The van der Waals surface area contributed by atoms with Crippen molar-refractivity contribution in [1.82, 2.24) is 4.90 Å². The Morgan fingerprint density at radius 1 is 1.21 bits per heavy atom. The minimum absolute atomic E-state index is 0.372. The zero-order valence-corrected chi connectivity index (χ0v) is 9.71. The van der Waals surface area contributed by atoms with Gasteiger partial charge >= 0.3 is 0 Å². The first-order chi connectivity index (χ1) is 6.74. The average Bonchev–Trinajstić information content (AvgIpc) is 2.21. The standard InChI is InChI=1S/C12H25NO/c1-4-7-9-13(10-8-5-2)11-12(14)6-3/h6,12,14H,3-5,7-11H2,1-2H3. The molecule has 0 aromatic carbocycles. The van der Waals surface area contributed by atoms with Gasteiger partial charge in [-0.25, -0.2) is 0 Å². The van der Waals surface area contributed by atoms with Gasteiger partial charge in [0, 0.05) is 6.54 Å². The van der Waals surface area contributed by atoms with E-state index in [0.717, 1.165) is 19.6 Å². The highest BCUT2D eigenvalue weighted by Gasteiger charge is 2.07. The summed E-state index contributed by atoms with van der Waals surface area (Å²) in [5.41, 5.74) is 0. The molecule has 2 nitrogen and oxygen atoms in total. The number of hydrogen-bond donors (Lipinski definition) is 1. The van der Waals surface area contributed by atoms with Crippen LogP contribution in [0.1, 0.15) is 39.5 Å². The summed E-state index contributed by atoms with van der Waals surface area (Å²) in [5.74, 6) is 0. The molecule has 84 valence electrons. The van der Waals surface area contributed by atoms with E-state index in [-0.39, 0.29) is 6.10 Å². The molecule has 1 N–H and O–H groups in total. The van der Waals surface area contributed by atoms with Gasteiger partial charge < -0.3 is 10.0 Å². The molecule has 0 saturated carbocycles. The molecule has 0 saturated heterocycles. The number of rotatable bonds is 9. The van der Waals surface area contributed by atoms with Crippen LogP contribution in [0.15, 0.2) is 12.7 Å². The summed E-state index contributed by atoms with van der Waals surface area (Å²) in [6.07, 6.45) is 6.11. The Balaban J connectivity index is 3.76. The van der Waals surface area contributed by atoms with Gasteiger partial charge in [-0.3, -0.25) is 0 Å². The van der Waals surface area contributed by atoms with Crippen LogP contribution in [0.4, 0.5) is 0 Å². The molecule has 0 spiro atoms. The van der Waals surface area contributed by atoms with Crippen LogP contribution in [0.2, 0.25) is 0 Å². The minimum atomic E-state index is -0.372. The predicted molar refractivity (Wildman–Crippen MR) is 62.5 cm³/mol. The highest BCUT2D eigenvalue weighted by atomic mass is 16.3.